The van der Waals surface area contributed by atoms with Crippen LogP contribution in [-0.2, 0) is 4.74 Å². The van der Waals surface area contributed by atoms with Gasteiger partial charge in [-0.15, -0.1) is 11.3 Å². The molecule has 5 rings (SSSR count). The van der Waals surface area contributed by atoms with Crippen molar-refractivity contribution in [3.63, 3.8) is 0 Å². The first-order valence-corrected chi connectivity index (χ1v) is 11.8. The number of halogens is 6. The van der Waals surface area contributed by atoms with Gasteiger partial charge >= 0.3 is 12.1 Å². The summed E-state index contributed by atoms with van der Waals surface area (Å²) < 4.78 is 92.3. The van der Waals surface area contributed by atoms with Crippen LogP contribution in [0, 0.1) is 24.2 Å². The van der Waals surface area contributed by atoms with Crippen molar-refractivity contribution in [2.45, 2.75) is 18.2 Å². The highest BCUT2D eigenvalue weighted by Gasteiger charge is 2.59. The van der Waals surface area contributed by atoms with Crippen LogP contribution >= 0.6 is 11.3 Å². The molecule has 36 heavy (non-hydrogen) atoms. The molecule has 2 unspecified atom stereocenters. The van der Waals surface area contributed by atoms with Crippen molar-refractivity contribution in [1.82, 2.24) is 14.9 Å². The lowest BCUT2D eigenvalue weighted by molar-refractivity contribution is -0.289. The highest BCUT2D eigenvalue weighted by Crippen LogP contribution is 2.41. The maximum Gasteiger partial charge on any atom is 0.454 e. The van der Waals surface area contributed by atoms with Gasteiger partial charge in [-0.05, 0) is 6.07 Å². The van der Waals surface area contributed by atoms with Crippen LogP contribution in [0.15, 0.2) is 29.9 Å². The SMILES string of the molecule is [C-]#[N+]c1ccc(-c2csc3c(OC4C5COCC4CN(CC(F)(F)C(F)(F)F)C5)ncnc23)c(F)c1. The predicted molar refractivity (Wildman–Crippen MR) is 119 cm³/mol. The number of hydrogen-bond donors (Lipinski definition) is 0. The molecular weight excluding hydrogens is 510 g/mol. The van der Waals surface area contributed by atoms with Gasteiger partial charge in [-0.3, -0.25) is 4.90 Å². The van der Waals surface area contributed by atoms with Crippen LogP contribution < -0.4 is 4.74 Å². The van der Waals surface area contributed by atoms with Crippen molar-refractivity contribution in [1.29, 1.82) is 0 Å². The van der Waals surface area contributed by atoms with E-state index in [-0.39, 0.29) is 43.4 Å². The molecule has 6 nitrogen and oxygen atoms in total. The standard InChI is InChI=1S/C23H18F6N4O2S/c1-30-14-2-3-15(17(24)4-14)16-9-36-20-18(16)31-11-32-21(20)35-19-12-5-33(6-13(19)8-34-7-12)10-22(25,26)23(27,28)29/h2-4,9,11-13,19H,5-8,10H2. The highest BCUT2D eigenvalue weighted by molar-refractivity contribution is 7.18. The fourth-order valence-corrected chi connectivity index (χ4v) is 5.66. The lowest BCUT2D eigenvalue weighted by Gasteiger charge is -2.47. The molecule has 4 heterocycles. The number of aromatic nitrogens is 2. The Labute approximate surface area is 205 Å². The second kappa shape index (κ2) is 9.17. The second-order valence-electron chi connectivity index (χ2n) is 8.82. The molecule has 0 amide bonds. The lowest BCUT2D eigenvalue weighted by Crippen LogP contribution is -2.60. The highest BCUT2D eigenvalue weighted by atomic mass is 32.1. The van der Waals surface area contributed by atoms with Gasteiger partial charge in [0.2, 0.25) is 5.88 Å². The van der Waals surface area contributed by atoms with Gasteiger partial charge in [-0.1, -0.05) is 12.1 Å². The van der Waals surface area contributed by atoms with Gasteiger partial charge < -0.3 is 9.47 Å². The molecule has 2 atom stereocenters. The lowest BCUT2D eigenvalue weighted by atomic mass is 9.84. The minimum absolute atomic E-state index is 0.0463. The first kappa shape index (κ1) is 24.7. The number of ether oxygens (including phenoxy) is 2. The Morgan fingerprint density at radius 2 is 1.83 bits per heavy atom. The number of thiophene rings is 1. The Morgan fingerprint density at radius 3 is 2.47 bits per heavy atom. The molecule has 1 aromatic carbocycles. The maximum absolute atomic E-state index is 14.6. The summed E-state index contributed by atoms with van der Waals surface area (Å²) in [4.78, 5) is 12.8. The van der Waals surface area contributed by atoms with E-state index in [9.17, 15) is 26.3 Å². The Kier molecular flexibility index (Phi) is 6.30. The van der Waals surface area contributed by atoms with Crippen LogP contribution in [-0.4, -0.2) is 65.9 Å². The summed E-state index contributed by atoms with van der Waals surface area (Å²) in [6, 6.07) is 4.15. The van der Waals surface area contributed by atoms with Gasteiger partial charge in [-0.25, -0.2) is 19.2 Å². The molecule has 0 radical (unpaired) electrons. The average Bonchev–Trinajstić information content (AvgIpc) is 3.23. The second-order valence-corrected chi connectivity index (χ2v) is 9.70. The van der Waals surface area contributed by atoms with E-state index in [2.05, 4.69) is 14.8 Å². The monoisotopic (exact) mass is 528 g/mol. The van der Waals surface area contributed by atoms with E-state index < -0.39 is 42.4 Å². The Morgan fingerprint density at radius 1 is 1.11 bits per heavy atom. The molecule has 190 valence electrons. The molecule has 3 aromatic rings. The molecule has 13 heteroatoms. The molecule has 0 aliphatic carbocycles. The quantitative estimate of drug-likeness (QED) is 0.320. The molecule has 0 saturated carbocycles. The first-order chi connectivity index (χ1) is 17.1. The third kappa shape index (κ3) is 4.49. The molecule has 2 aliphatic rings. The number of fused-ring (bicyclic) bond motifs is 3. The van der Waals surface area contributed by atoms with E-state index in [4.69, 9.17) is 16.0 Å². The number of nitrogens with zero attached hydrogens (tertiary/aromatic N) is 4. The van der Waals surface area contributed by atoms with Crippen molar-refractivity contribution in [3.05, 3.63) is 47.1 Å². The van der Waals surface area contributed by atoms with Gasteiger partial charge in [0, 0.05) is 41.4 Å². The molecular formula is C23H18F6N4O2S. The average molecular weight is 528 g/mol. The third-order valence-electron chi connectivity index (χ3n) is 6.36. The molecule has 2 bridgehead atoms. The van der Waals surface area contributed by atoms with E-state index in [0.29, 0.717) is 15.8 Å². The number of hydrogen-bond acceptors (Lipinski definition) is 6. The zero-order chi connectivity index (χ0) is 25.7. The summed E-state index contributed by atoms with van der Waals surface area (Å²) in [5.41, 5.74) is 1.39. The molecule has 0 spiro atoms. The summed E-state index contributed by atoms with van der Waals surface area (Å²) in [5, 5.41) is 1.70. The first-order valence-electron chi connectivity index (χ1n) is 10.9. The Bertz CT molecular complexity index is 1310. The van der Waals surface area contributed by atoms with Crippen LogP contribution in [0.2, 0.25) is 0 Å². The topological polar surface area (TPSA) is 51.8 Å². The van der Waals surface area contributed by atoms with Crippen molar-refractivity contribution in [3.8, 4) is 17.0 Å². The van der Waals surface area contributed by atoms with Crippen LogP contribution in [0.3, 0.4) is 0 Å². The van der Waals surface area contributed by atoms with Crippen molar-refractivity contribution in [2.24, 2.45) is 11.8 Å². The molecule has 2 aliphatic heterocycles. The van der Waals surface area contributed by atoms with Crippen LogP contribution in [0.25, 0.3) is 26.2 Å². The maximum atomic E-state index is 14.6. The van der Waals surface area contributed by atoms with E-state index in [1.165, 1.54) is 29.8 Å². The van der Waals surface area contributed by atoms with Crippen LogP contribution in [0.4, 0.5) is 32.0 Å². The van der Waals surface area contributed by atoms with Gasteiger partial charge in [0.05, 0.1) is 31.8 Å². The summed E-state index contributed by atoms with van der Waals surface area (Å²) >= 11 is 1.24. The fourth-order valence-electron chi connectivity index (χ4n) is 4.71. The smallest absolute Gasteiger partial charge is 0.454 e. The summed E-state index contributed by atoms with van der Waals surface area (Å²) in [7, 11) is 0. The normalized spacial score (nSPS) is 23.0. The van der Waals surface area contributed by atoms with Crippen molar-refractivity contribution >= 4 is 27.2 Å². The summed E-state index contributed by atoms with van der Waals surface area (Å²) in [6.07, 6.45) is -4.86. The van der Waals surface area contributed by atoms with E-state index in [0.717, 1.165) is 11.0 Å². The number of rotatable bonds is 5. The van der Waals surface area contributed by atoms with Crippen molar-refractivity contribution in [2.75, 3.05) is 32.8 Å². The number of alkyl halides is 5. The van der Waals surface area contributed by atoms with Gasteiger partial charge in [0.1, 0.15) is 22.9 Å². The Balaban J connectivity index is 1.39. The largest absolute Gasteiger partial charge is 0.472 e. The molecule has 0 N–H and O–H groups in total. The molecule has 2 fully saturated rings. The molecule has 2 aromatic heterocycles. The van der Waals surface area contributed by atoms with Gasteiger partial charge in [0.25, 0.3) is 0 Å². The summed E-state index contributed by atoms with van der Waals surface area (Å²) in [6.45, 7) is 5.82. The number of benzene rings is 1. The predicted octanol–water partition coefficient (Wildman–Crippen LogP) is 5.57. The fraction of sp³-hybridized carbons (Fsp3) is 0.435. The minimum Gasteiger partial charge on any atom is -0.472 e. The van der Waals surface area contributed by atoms with E-state index in [1.54, 1.807) is 5.38 Å². The van der Waals surface area contributed by atoms with E-state index in [1.807, 2.05) is 0 Å². The van der Waals surface area contributed by atoms with Crippen LogP contribution in [0.1, 0.15) is 0 Å². The molecule has 2 saturated heterocycles. The van der Waals surface area contributed by atoms with Crippen LogP contribution in [0.5, 0.6) is 5.88 Å². The zero-order valence-corrected chi connectivity index (χ0v) is 19.3. The number of likely N-dealkylation sites (tertiary alicyclic amines) is 1. The Hall–Kier alpha value is -2.95. The van der Waals surface area contributed by atoms with Gasteiger partial charge in [-0.2, -0.15) is 22.0 Å². The third-order valence-corrected chi connectivity index (χ3v) is 7.31. The zero-order valence-electron chi connectivity index (χ0n) is 18.4. The number of piperidine rings is 1. The van der Waals surface area contributed by atoms with Gasteiger partial charge in [0.15, 0.2) is 5.69 Å². The van der Waals surface area contributed by atoms with Crippen molar-refractivity contribution < 1.29 is 35.8 Å². The van der Waals surface area contributed by atoms with E-state index >= 15 is 0 Å². The minimum atomic E-state index is -5.62. The summed E-state index contributed by atoms with van der Waals surface area (Å²) in [5.74, 6) is -6.04.